The first-order valence-corrected chi connectivity index (χ1v) is 9.51. The van der Waals surface area contributed by atoms with Crippen LogP contribution in [-0.4, -0.2) is 73.4 Å². The summed E-state index contributed by atoms with van der Waals surface area (Å²) in [6.45, 7) is 2.91. The van der Waals surface area contributed by atoms with Crippen LogP contribution < -0.4 is 0 Å². The molecule has 4 aliphatic rings. The van der Waals surface area contributed by atoms with Gasteiger partial charge in [-0.3, -0.25) is 14.4 Å². The molecular formula is C18H28N2O5. The fourth-order valence-electron chi connectivity index (χ4n) is 4.54. The first-order valence-electron chi connectivity index (χ1n) is 9.51. The van der Waals surface area contributed by atoms with Crippen LogP contribution in [0.2, 0.25) is 0 Å². The number of fused-ring (bicyclic) bond motifs is 1. The lowest BCUT2D eigenvalue weighted by Gasteiger charge is -2.40. The molecule has 4 fully saturated rings. The van der Waals surface area contributed by atoms with Gasteiger partial charge in [-0.05, 0) is 32.1 Å². The third kappa shape index (κ3) is 3.17. The maximum absolute atomic E-state index is 12.7. The monoisotopic (exact) mass is 352 g/mol. The minimum absolute atomic E-state index is 0.0221. The van der Waals surface area contributed by atoms with E-state index in [0.29, 0.717) is 39.3 Å². The van der Waals surface area contributed by atoms with E-state index in [9.17, 15) is 9.59 Å². The lowest BCUT2D eigenvalue weighted by Crippen LogP contribution is -2.45. The molecule has 1 aliphatic carbocycles. The maximum atomic E-state index is 12.7. The fourth-order valence-corrected chi connectivity index (χ4v) is 4.54. The number of hydrogen-bond acceptors (Lipinski definition) is 5. The molecule has 1 saturated carbocycles. The van der Waals surface area contributed by atoms with Crippen molar-refractivity contribution < 1.29 is 23.9 Å². The molecule has 7 heteroatoms. The smallest absolute Gasteiger partial charge is 0.252 e. The highest BCUT2D eigenvalue weighted by molar-refractivity contribution is 5.80. The third-order valence-electron chi connectivity index (χ3n) is 6.41. The molecule has 7 nitrogen and oxygen atoms in total. The van der Waals surface area contributed by atoms with Crippen molar-refractivity contribution in [2.45, 2.75) is 50.2 Å². The number of hydroxylamine groups is 2. The second kappa shape index (κ2) is 6.85. The average Bonchev–Trinajstić information content (AvgIpc) is 3.19. The molecule has 0 N–H and O–H groups in total. The number of likely N-dealkylation sites (tertiary alicyclic amines) is 1. The van der Waals surface area contributed by atoms with Crippen molar-refractivity contribution in [1.82, 2.24) is 9.96 Å². The lowest BCUT2D eigenvalue weighted by atomic mass is 9.77. The highest BCUT2D eigenvalue weighted by atomic mass is 16.7. The molecule has 3 heterocycles. The Balaban J connectivity index is 1.36. The van der Waals surface area contributed by atoms with Crippen LogP contribution in [0.3, 0.4) is 0 Å². The molecule has 0 bridgehead atoms. The molecule has 0 unspecified atom stereocenters. The van der Waals surface area contributed by atoms with Crippen molar-refractivity contribution in [3.05, 3.63) is 0 Å². The van der Waals surface area contributed by atoms with Crippen molar-refractivity contribution >= 4 is 11.8 Å². The van der Waals surface area contributed by atoms with Gasteiger partial charge in [-0.15, -0.1) is 0 Å². The number of nitrogens with zero attached hydrogens (tertiary/aromatic N) is 2. The van der Waals surface area contributed by atoms with Crippen molar-refractivity contribution in [2.24, 2.45) is 11.8 Å². The zero-order chi connectivity index (χ0) is 17.4. The minimum atomic E-state index is -0.257. The molecule has 0 aromatic heterocycles. The van der Waals surface area contributed by atoms with Gasteiger partial charge < -0.3 is 14.4 Å². The Hall–Kier alpha value is -1.18. The SMILES string of the molecule is COC1(CC(=O)N2C[C@@H]3[C@H](C2)OC[C@@H]3C(=O)N2CCCCO2)CCC1. The summed E-state index contributed by atoms with van der Waals surface area (Å²) in [5, 5.41) is 1.51. The lowest BCUT2D eigenvalue weighted by molar-refractivity contribution is -0.202. The van der Waals surface area contributed by atoms with Crippen molar-refractivity contribution in [3.63, 3.8) is 0 Å². The Morgan fingerprint density at radius 1 is 1.20 bits per heavy atom. The Labute approximate surface area is 148 Å². The molecule has 0 spiro atoms. The summed E-state index contributed by atoms with van der Waals surface area (Å²) in [5.74, 6) is 0.0386. The van der Waals surface area contributed by atoms with Gasteiger partial charge in [0.2, 0.25) is 5.91 Å². The van der Waals surface area contributed by atoms with E-state index in [1.54, 1.807) is 7.11 Å². The number of hydrogen-bond donors (Lipinski definition) is 0. The fraction of sp³-hybridized carbons (Fsp3) is 0.889. The van der Waals surface area contributed by atoms with Gasteiger partial charge in [0, 0.05) is 32.7 Å². The van der Waals surface area contributed by atoms with Gasteiger partial charge in [0.05, 0.1) is 37.3 Å². The predicted molar refractivity (Wildman–Crippen MR) is 88.4 cm³/mol. The van der Waals surface area contributed by atoms with Gasteiger partial charge in [0.25, 0.3) is 5.91 Å². The van der Waals surface area contributed by atoms with E-state index in [2.05, 4.69) is 0 Å². The zero-order valence-electron chi connectivity index (χ0n) is 14.9. The van der Waals surface area contributed by atoms with E-state index < -0.39 is 0 Å². The molecular weight excluding hydrogens is 324 g/mol. The Morgan fingerprint density at radius 3 is 2.68 bits per heavy atom. The number of amides is 2. The summed E-state index contributed by atoms with van der Waals surface area (Å²) < 4.78 is 11.4. The number of methoxy groups -OCH3 is 1. The molecule has 2 amide bonds. The first-order chi connectivity index (χ1) is 12.1. The van der Waals surface area contributed by atoms with E-state index in [1.165, 1.54) is 5.06 Å². The number of ether oxygens (including phenoxy) is 2. The minimum Gasteiger partial charge on any atom is -0.378 e. The van der Waals surface area contributed by atoms with Crippen molar-refractivity contribution in [3.8, 4) is 0 Å². The third-order valence-corrected chi connectivity index (χ3v) is 6.41. The van der Waals surface area contributed by atoms with Gasteiger partial charge in [-0.1, -0.05) is 0 Å². The number of carbonyl (C=O) groups is 2. The molecule has 3 aliphatic heterocycles. The highest BCUT2D eigenvalue weighted by Crippen LogP contribution is 2.40. The summed E-state index contributed by atoms with van der Waals surface area (Å²) in [6, 6.07) is 0. The quantitative estimate of drug-likeness (QED) is 0.754. The van der Waals surface area contributed by atoms with Gasteiger partial charge in [-0.2, -0.15) is 0 Å². The van der Waals surface area contributed by atoms with Gasteiger partial charge >= 0.3 is 0 Å². The molecule has 0 radical (unpaired) electrons. The van der Waals surface area contributed by atoms with Gasteiger partial charge in [0.15, 0.2) is 0 Å². The summed E-state index contributed by atoms with van der Waals surface area (Å²) in [5.41, 5.74) is -0.257. The highest BCUT2D eigenvalue weighted by Gasteiger charge is 2.50. The summed E-state index contributed by atoms with van der Waals surface area (Å²) in [7, 11) is 1.70. The summed E-state index contributed by atoms with van der Waals surface area (Å²) in [6.07, 6.45) is 5.44. The number of carbonyl (C=O) groups excluding carboxylic acids is 2. The molecule has 4 rings (SSSR count). The number of rotatable bonds is 4. The zero-order valence-corrected chi connectivity index (χ0v) is 14.9. The van der Waals surface area contributed by atoms with E-state index >= 15 is 0 Å². The Bertz CT molecular complexity index is 524. The molecule has 140 valence electrons. The van der Waals surface area contributed by atoms with Crippen LogP contribution in [0.15, 0.2) is 0 Å². The standard InChI is InChI=1S/C18H28N2O5/c1-23-18(5-4-6-18)9-16(21)19-10-13-14(12-24-15(13)11-19)17(22)20-7-2-3-8-25-20/h13-15H,2-12H2,1H3/t13-,14-,15-/m0/s1. The molecule has 25 heavy (non-hydrogen) atoms. The van der Waals surface area contributed by atoms with Crippen LogP contribution in [0, 0.1) is 11.8 Å². The first kappa shape index (κ1) is 17.2. The maximum Gasteiger partial charge on any atom is 0.252 e. The van der Waals surface area contributed by atoms with Gasteiger partial charge in [-0.25, -0.2) is 5.06 Å². The van der Waals surface area contributed by atoms with E-state index in [0.717, 1.165) is 32.1 Å². The van der Waals surface area contributed by atoms with E-state index in [4.69, 9.17) is 14.3 Å². The van der Waals surface area contributed by atoms with Crippen LogP contribution >= 0.6 is 0 Å². The van der Waals surface area contributed by atoms with Crippen LogP contribution in [0.1, 0.15) is 38.5 Å². The normalized spacial score (nSPS) is 33.9. The Kier molecular flexibility index (Phi) is 4.73. The van der Waals surface area contributed by atoms with Crippen molar-refractivity contribution in [1.29, 1.82) is 0 Å². The second-order valence-corrected chi connectivity index (χ2v) is 7.84. The van der Waals surface area contributed by atoms with Crippen LogP contribution in [-0.2, 0) is 23.9 Å². The van der Waals surface area contributed by atoms with Crippen molar-refractivity contribution in [2.75, 3.05) is 40.0 Å². The van der Waals surface area contributed by atoms with Crippen LogP contribution in [0.5, 0.6) is 0 Å². The topological polar surface area (TPSA) is 68.3 Å². The van der Waals surface area contributed by atoms with E-state index in [-0.39, 0.29) is 35.4 Å². The Morgan fingerprint density at radius 2 is 2.04 bits per heavy atom. The predicted octanol–water partition coefficient (Wildman–Crippen LogP) is 0.973. The van der Waals surface area contributed by atoms with Crippen LogP contribution in [0.4, 0.5) is 0 Å². The van der Waals surface area contributed by atoms with E-state index in [1.807, 2.05) is 4.90 Å². The largest absolute Gasteiger partial charge is 0.378 e. The second-order valence-electron chi connectivity index (χ2n) is 7.84. The van der Waals surface area contributed by atoms with Crippen LogP contribution in [0.25, 0.3) is 0 Å². The average molecular weight is 352 g/mol. The molecule has 0 aromatic carbocycles. The summed E-state index contributed by atoms with van der Waals surface area (Å²) in [4.78, 5) is 32.8. The molecule has 3 saturated heterocycles. The molecule has 0 aromatic rings. The summed E-state index contributed by atoms with van der Waals surface area (Å²) >= 11 is 0. The van der Waals surface area contributed by atoms with Gasteiger partial charge in [0.1, 0.15) is 0 Å². The molecule has 3 atom stereocenters.